The number of nitrogens with zero attached hydrogens (tertiary/aromatic N) is 1. The molecular formula is C17H25F4N3. The number of guanidine groups is 1. The Balaban J connectivity index is 2.57. The fourth-order valence-electron chi connectivity index (χ4n) is 2.11. The minimum absolute atomic E-state index is 0.0606. The number of unbranched alkanes of at least 4 members (excludes halogenated alkanes) is 1. The number of nitrogens with one attached hydrogen (secondary N) is 2. The first-order valence-electron chi connectivity index (χ1n) is 8.10. The lowest BCUT2D eigenvalue weighted by atomic mass is 10.1. The van der Waals surface area contributed by atoms with Gasteiger partial charge in [0.15, 0.2) is 5.96 Å². The van der Waals surface area contributed by atoms with Gasteiger partial charge in [0.25, 0.3) is 0 Å². The van der Waals surface area contributed by atoms with Crippen molar-refractivity contribution in [1.29, 1.82) is 0 Å². The molecule has 1 aromatic carbocycles. The van der Waals surface area contributed by atoms with Gasteiger partial charge in [-0.3, -0.25) is 4.99 Å². The number of hydrogen-bond acceptors (Lipinski definition) is 1. The molecule has 1 unspecified atom stereocenters. The Labute approximate surface area is 140 Å². The first-order chi connectivity index (χ1) is 11.2. The Kier molecular flexibility index (Phi) is 8.01. The highest BCUT2D eigenvalue weighted by molar-refractivity contribution is 5.80. The molecule has 3 nitrogen and oxygen atoms in total. The predicted octanol–water partition coefficient (Wildman–Crippen LogP) is 4.48. The second kappa shape index (κ2) is 9.49. The van der Waals surface area contributed by atoms with Crippen molar-refractivity contribution in [3.63, 3.8) is 0 Å². The van der Waals surface area contributed by atoms with Gasteiger partial charge in [-0.25, -0.2) is 4.39 Å². The largest absolute Gasteiger partial charge is 0.389 e. The number of benzene rings is 1. The molecule has 2 N–H and O–H groups in total. The number of halogens is 4. The molecule has 0 aliphatic carbocycles. The first kappa shape index (κ1) is 20.3. The Morgan fingerprint density at radius 1 is 1.25 bits per heavy atom. The van der Waals surface area contributed by atoms with E-state index in [9.17, 15) is 17.6 Å². The van der Waals surface area contributed by atoms with Crippen LogP contribution < -0.4 is 10.6 Å². The van der Waals surface area contributed by atoms with Crippen molar-refractivity contribution in [2.45, 2.75) is 52.3 Å². The molecule has 0 aromatic heterocycles. The van der Waals surface area contributed by atoms with E-state index in [4.69, 9.17) is 0 Å². The number of aryl methyl sites for hydroxylation is 1. The van der Waals surface area contributed by atoms with Crippen LogP contribution in [0.2, 0.25) is 0 Å². The molecule has 1 rings (SSSR count). The first-order valence-corrected chi connectivity index (χ1v) is 8.10. The molecule has 0 saturated heterocycles. The Bertz CT molecular complexity index is 541. The van der Waals surface area contributed by atoms with Crippen molar-refractivity contribution in [3.8, 4) is 0 Å². The quantitative estimate of drug-likeness (QED) is 0.330. The molecule has 7 heteroatoms. The van der Waals surface area contributed by atoms with E-state index in [2.05, 4.69) is 15.6 Å². The summed E-state index contributed by atoms with van der Waals surface area (Å²) in [5, 5.41) is 6.18. The third kappa shape index (κ3) is 7.66. The van der Waals surface area contributed by atoms with Crippen molar-refractivity contribution in [2.24, 2.45) is 4.99 Å². The highest BCUT2D eigenvalue weighted by atomic mass is 19.4. The monoisotopic (exact) mass is 347 g/mol. The molecular weight excluding hydrogens is 322 g/mol. The summed E-state index contributed by atoms with van der Waals surface area (Å²) in [5.41, 5.74) is 1.36. The lowest BCUT2D eigenvalue weighted by molar-refractivity contribution is -0.135. The van der Waals surface area contributed by atoms with E-state index >= 15 is 0 Å². The lowest BCUT2D eigenvalue weighted by Crippen LogP contribution is -2.38. The molecule has 1 atom stereocenters. The van der Waals surface area contributed by atoms with Gasteiger partial charge in [-0.2, -0.15) is 13.2 Å². The second-order valence-electron chi connectivity index (χ2n) is 5.71. The minimum atomic E-state index is -4.11. The Morgan fingerprint density at radius 3 is 2.54 bits per heavy atom. The summed E-state index contributed by atoms with van der Waals surface area (Å²) in [4.78, 5) is 4.27. The third-order valence-electron chi connectivity index (χ3n) is 3.53. The number of alkyl halides is 3. The van der Waals surface area contributed by atoms with Crippen LogP contribution in [0, 0.1) is 12.7 Å². The molecule has 0 aliphatic heterocycles. The van der Waals surface area contributed by atoms with Gasteiger partial charge < -0.3 is 10.6 Å². The normalized spacial score (nSPS) is 13.7. The van der Waals surface area contributed by atoms with Crippen LogP contribution in [0.5, 0.6) is 0 Å². The van der Waals surface area contributed by atoms with Gasteiger partial charge in [-0.05, 0) is 50.8 Å². The third-order valence-corrected chi connectivity index (χ3v) is 3.53. The van der Waals surface area contributed by atoms with Crippen molar-refractivity contribution in [3.05, 3.63) is 35.1 Å². The molecule has 0 fully saturated rings. The summed E-state index contributed by atoms with van der Waals surface area (Å²) >= 11 is 0. The molecule has 0 amide bonds. The summed E-state index contributed by atoms with van der Waals surface area (Å²) in [6.45, 7) is 6.41. The number of aliphatic imine (C=N–C) groups is 1. The molecule has 0 heterocycles. The summed E-state index contributed by atoms with van der Waals surface area (Å²) in [6, 6.07) is 4.85. The molecule has 1 aromatic rings. The average Bonchev–Trinajstić information content (AvgIpc) is 2.48. The number of hydrogen-bond donors (Lipinski definition) is 2. The van der Waals surface area contributed by atoms with E-state index in [0.717, 1.165) is 5.56 Å². The minimum Gasteiger partial charge on any atom is -0.357 e. The van der Waals surface area contributed by atoms with Crippen LogP contribution in [0.4, 0.5) is 17.6 Å². The Hall–Kier alpha value is -1.79. The fraction of sp³-hybridized carbons (Fsp3) is 0.588. The summed E-state index contributed by atoms with van der Waals surface area (Å²) in [6.07, 6.45) is -4.48. The van der Waals surface area contributed by atoms with Gasteiger partial charge in [-0.1, -0.05) is 12.1 Å². The zero-order valence-corrected chi connectivity index (χ0v) is 14.3. The molecule has 136 valence electrons. The zero-order valence-electron chi connectivity index (χ0n) is 14.3. The molecule has 24 heavy (non-hydrogen) atoms. The van der Waals surface area contributed by atoms with Gasteiger partial charge in [-0.15, -0.1) is 0 Å². The van der Waals surface area contributed by atoms with Crippen LogP contribution in [-0.4, -0.2) is 25.2 Å². The second-order valence-corrected chi connectivity index (χ2v) is 5.71. The van der Waals surface area contributed by atoms with Crippen LogP contribution in [-0.2, 0) is 0 Å². The van der Waals surface area contributed by atoms with E-state index in [-0.39, 0.29) is 18.3 Å². The van der Waals surface area contributed by atoms with E-state index in [1.165, 1.54) is 6.07 Å². The van der Waals surface area contributed by atoms with Crippen LogP contribution in [0.1, 0.15) is 50.3 Å². The van der Waals surface area contributed by atoms with Crippen LogP contribution in [0.15, 0.2) is 23.2 Å². The van der Waals surface area contributed by atoms with Gasteiger partial charge >= 0.3 is 6.18 Å². The maximum atomic E-state index is 13.6. The highest BCUT2D eigenvalue weighted by Gasteiger charge is 2.25. The molecule has 0 aliphatic rings. The lowest BCUT2D eigenvalue weighted by Gasteiger charge is -2.18. The van der Waals surface area contributed by atoms with Crippen LogP contribution >= 0.6 is 0 Å². The van der Waals surface area contributed by atoms with Crippen molar-refractivity contribution in [2.75, 3.05) is 13.1 Å². The summed E-state index contributed by atoms with van der Waals surface area (Å²) < 4.78 is 49.9. The maximum Gasteiger partial charge on any atom is 0.389 e. The highest BCUT2D eigenvalue weighted by Crippen LogP contribution is 2.22. The summed E-state index contributed by atoms with van der Waals surface area (Å²) in [5.74, 6) is 0.244. The maximum absolute atomic E-state index is 13.6. The van der Waals surface area contributed by atoms with Gasteiger partial charge in [0.05, 0.1) is 6.04 Å². The number of rotatable bonds is 7. The molecule has 0 bridgehead atoms. The summed E-state index contributed by atoms with van der Waals surface area (Å²) in [7, 11) is 0. The van der Waals surface area contributed by atoms with Gasteiger partial charge in [0, 0.05) is 19.5 Å². The molecule has 0 spiro atoms. The van der Waals surface area contributed by atoms with Crippen LogP contribution in [0.3, 0.4) is 0 Å². The molecule has 0 saturated carbocycles. The average molecular weight is 347 g/mol. The topological polar surface area (TPSA) is 36.4 Å². The van der Waals surface area contributed by atoms with Crippen molar-refractivity contribution in [1.82, 2.24) is 10.6 Å². The van der Waals surface area contributed by atoms with E-state index in [1.807, 2.05) is 19.9 Å². The Morgan fingerprint density at radius 2 is 1.96 bits per heavy atom. The van der Waals surface area contributed by atoms with Crippen molar-refractivity contribution >= 4 is 5.96 Å². The van der Waals surface area contributed by atoms with E-state index in [1.54, 1.807) is 13.0 Å². The SMILES string of the molecule is CCNC(=NCCCCC(F)(F)F)NC(C)c1ccc(C)c(F)c1. The smallest absolute Gasteiger partial charge is 0.357 e. The van der Waals surface area contributed by atoms with Crippen molar-refractivity contribution < 1.29 is 17.6 Å². The fourth-order valence-corrected chi connectivity index (χ4v) is 2.11. The zero-order chi connectivity index (χ0) is 18.2. The molecule has 0 radical (unpaired) electrons. The van der Waals surface area contributed by atoms with E-state index < -0.39 is 12.6 Å². The van der Waals surface area contributed by atoms with Crippen LogP contribution in [0.25, 0.3) is 0 Å². The standard InChI is InChI=1S/C17H25F4N3/c1-4-22-16(23-10-6-5-9-17(19,20)21)24-13(3)14-8-7-12(2)15(18)11-14/h7-8,11,13H,4-6,9-10H2,1-3H3,(H2,22,23,24). The van der Waals surface area contributed by atoms with Gasteiger partial charge in [0.2, 0.25) is 0 Å². The predicted molar refractivity (Wildman–Crippen MR) is 88.6 cm³/mol. The van der Waals surface area contributed by atoms with Gasteiger partial charge in [0.1, 0.15) is 5.82 Å². The van der Waals surface area contributed by atoms with E-state index in [0.29, 0.717) is 31.0 Å².